The minimum Gasteiger partial charge on any atom is -0.467 e. The molecule has 0 aliphatic carbocycles. The standard InChI is InChI=1S/C10H17ClN4O3/c1-16-6-7(11)4-5-12-8-13-9(17-2)15-10(14-8)18-3/h7H,4-6H2,1-3H3,(H,12,13,14,15). The molecule has 0 bridgehead atoms. The Morgan fingerprint density at radius 3 is 2.22 bits per heavy atom. The van der Waals surface area contributed by atoms with E-state index >= 15 is 0 Å². The van der Waals surface area contributed by atoms with Gasteiger partial charge in [-0.25, -0.2) is 0 Å². The van der Waals surface area contributed by atoms with Gasteiger partial charge >= 0.3 is 12.0 Å². The fourth-order valence-corrected chi connectivity index (χ4v) is 1.44. The van der Waals surface area contributed by atoms with Crippen LogP contribution < -0.4 is 14.8 Å². The second-order valence-corrected chi connectivity index (χ2v) is 4.02. The number of halogens is 1. The predicted molar refractivity (Wildman–Crippen MR) is 67.6 cm³/mol. The van der Waals surface area contributed by atoms with Crippen molar-refractivity contribution in [3.8, 4) is 12.0 Å². The van der Waals surface area contributed by atoms with E-state index in [9.17, 15) is 0 Å². The third-order valence-corrected chi connectivity index (χ3v) is 2.39. The lowest BCUT2D eigenvalue weighted by atomic mass is 10.3. The minimum absolute atomic E-state index is 0.0480. The second-order valence-electron chi connectivity index (χ2n) is 3.40. The summed E-state index contributed by atoms with van der Waals surface area (Å²) >= 11 is 6.00. The van der Waals surface area contributed by atoms with Crippen molar-refractivity contribution in [2.24, 2.45) is 0 Å². The van der Waals surface area contributed by atoms with Crippen LogP contribution in [0.25, 0.3) is 0 Å². The summed E-state index contributed by atoms with van der Waals surface area (Å²) < 4.78 is 14.8. The van der Waals surface area contributed by atoms with Crippen LogP contribution in [0.15, 0.2) is 0 Å². The van der Waals surface area contributed by atoms with Crippen molar-refractivity contribution in [2.45, 2.75) is 11.8 Å². The maximum absolute atomic E-state index is 6.00. The molecule has 18 heavy (non-hydrogen) atoms. The van der Waals surface area contributed by atoms with Gasteiger partial charge in [0.15, 0.2) is 0 Å². The van der Waals surface area contributed by atoms with Crippen molar-refractivity contribution < 1.29 is 14.2 Å². The van der Waals surface area contributed by atoms with Crippen LogP contribution in [0.1, 0.15) is 6.42 Å². The van der Waals surface area contributed by atoms with Crippen LogP contribution in [0.5, 0.6) is 12.0 Å². The van der Waals surface area contributed by atoms with Gasteiger partial charge in [0.2, 0.25) is 5.95 Å². The van der Waals surface area contributed by atoms with E-state index in [0.29, 0.717) is 19.1 Å². The van der Waals surface area contributed by atoms with E-state index in [2.05, 4.69) is 20.3 Å². The van der Waals surface area contributed by atoms with E-state index in [1.807, 2.05) is 0 Å². The lowest BCUT2D eigenvalue weighted by molar-refractivity contribution is 0.196. The Labute approximate surface area is 111 Å². The molecular weight excluding hydrogens is 260 g/mol. The Kier molecular flexibility index (Phi) is 6.45. The van der Waals surface area contributed by atoms with Gasteiger partial charge in [0.05, 0.1) is 26.2 Å². The van der Waals surface area contributed by atoms with Crippen LogP contribution >= 0.6 is 11.6 Å². The Balaban J connectivity index is 2.50. The molecule has 1 atom stereocenters. The second kappa shape index (κ2) is 7.88. The molecule has 1 rings (SSSR count). The van der Waals surface area contributed by atoms with Gasteiger partial charge in [-0.1, -0.05) is 0 Å². The molecule has 1 N–H and O–H groups in total. The van der Waals surface area contributed by atoms with Gasteiger partial charge in [-0.15, -0.1) is 16.6 Å². The van der Waals surface area contributed by atoms with Crippen LogP contribution in [0.4, 0.5) is 5.95 Å². The number of nitrogens with zero attached hydrogens (tertiary/aromatic N) is 3. The van der Waals surface area contributed by atoms with Crippen molar-refractivity contribution in [2.75, 3.05) is 39.8 Å². The molecule has 0 saturated heterocycles. The van der Waals surface area contributed by atoms with Gasteiger partial charge in [-0.3, -0.25) is 0 Å². The number of rotatable bonds is 8. The van der Waals surface area contributed by atoms with Crippen LogP contribution in [0, 0.1) is 0 Å². The zero-order valence-electron chi connectivity index (χ0n) is 10.6. The number of anilines is 1. The summed E-state index contributed by atoms with van der Waals surface area (Å²) in [5, 5.41) is 2.97. The molecule has 0 aliphatic heterocycles. The molecule has 0 amide bonds. The van der Waals surface area contributed by atoms with E-state index < -0.39 is 0 Å². The molecular formula is C10H17ClN4O3. The van der Waals surface area contributed by atoms with Gasteiger partial charge < -0.3 is 19.5 Å². The maximum atomic E-state index is 6.00. The van der Waals surface area contributed by atoms with Crippen LogP contribution in [0.3, 0.4) is 0 Å². The molecule has 1 heterocycles. The molecule has 1 unspecified atom stereocenters. The van der Waals surface area contributed by atoms with Gasteiger partial charge in [-0.2, -0.15) is 9.97 Å². The molecule has 0 aromatic carbocycles. The average molecular weight is 277 g/mol. The first-order chi connectivity index (χ1) is 8.69. The number of alkyl halides is 1. The molecule has 0 fully saturated rings. The van der Waals surface area contributed by atoms with Crippen molar-refractivity contribution in [1.82, 2.24) is 15.0 Å². The highest BCUT2D eigenvalue weighted by molar-refractivity contribution is 6.20. The first kappa shape index (κ1) is 14.7. The van der Waals surface area contributed by atoms with Crippen LogP contribution in [-0.2, 0) is 4.74 Å². The maximum Gasteiger partial charge on any atom is 0.324 e. The summed E-state index contributed by atoms with van der Waals surface area (Å²) in [6.07, 6.45) is 0.728. The summed E-state index contributed by atoms with van der Waals surface area (Å²) in [4.78, 5) is 12.0. The minimum atomic E-state index is -0.0480. The van der Waals surface area contributed by atoms with Gasteiger partial charge in [0, 0.05) is 13.7 Å². The number of methoxy groups -OCH3 is 3. The molecule has 0 spiro atoms. The van der Waals surface area contributed by atoms with Crippen molar-refractivity contribution in [1.29, 1.82) is 0 Å². The number of hydrogen-bond acceptors (Lipinski definition) is 7. The van der Waals surface area contributed by atoms with Gasteiger partial charge in [0.25, 0.3) is 0 Å². The molecule has 1 aromatic heterocycles. The summed E-state index contributed by atoms with van der Waals surface area (Å²) in [5.74, 6) is 0.389. The fourth-order valence-electron chi connectivity index (χ4n) is 1.20. The van der Waals surface area contributed by atoms with E-state index in [1.54, 1.807) is 7.11 Å². The monoisotopic (exact) mass is 276 g/mol. The van der Waals surface area contributed by atoms with E-state index in [-0.39, 0.29) is 17.4 Å². The zero-order valence-corrected chi connectivity index (χ0v) is 11.4. The Hall–Kier alpha value is -1.34. The highest BCUT2D eigenvalue weighted by Crippen LogP contribution is 2.12. The number of aromatic nitrogens is 3. The fraction of sp³-hybridized carbons (Fsp3) is 0.700. The third-order valence-electron chi connectivity index (χ3n) is 2.05. The molecule has 1 aromatic rings. The highest BCUT2D eigenvalue weighted by Gasteiger charge is 2.08. The molecule has 8 heteroatoms. The number of nitrogens with one attached hydrogen (secondary N) is 1. The largest absolute Gasteiger partial charge is 0.467 e. The molecule has 7 nitrogen and oxygen atoms in total. The Morgan fingerprint density at radius 2 is 1.72 bits per heavy atom. The number of hydrogen-bond donors (Lipinski definition) is 1. The molecule has 102 valence electrons. The van der Waals surface area contributed by atoms with E-state index in [4.69, 9.17) is 25.8 Å². The lowest BCUT2D eigenvalue weighted by Gasteiger charge is -2.10. The van der Waals surface area contributed by atoms with Crippen molar-refractivity contribution in [3.63, 3.8) is 0 Å². The first-order valence-corrected chi connectivity index (χ1v) is 5.84. The Bertz CT molecular complexity index is 345. The van der Waals surface area contributed by atoms with Crippen LogP contribution in [-0.4, -0.2) is 54.8 Å². The smallest absolute Gasteiger partial charge is 0.324 e. The Morgan fingerprint density at radius 1 is 1.11 bits per heavy atom. The summed E-state index contributed by atoms with van der Waals surface area (Å²) in [6.45, 7) is 1.13. The van der Waals surface area contributed by atoms with Crippen molar-refractivity contribution >= 4 is 17.5 Å². The summed E-state index contributed by atoms with van der Waals surface area (Å²) in [5.41, 5.74) is 0. The average Bonchev–Trinajstić information content (AvgIpc) is 2.38. The van der Waals surface area contributed by atoms with E-state index in [0.717, 1.165) is 6.42 Å². The SMILES string of the molecule is COCC(Cl)CCNc1nc(OC)nc(OC)n1. The molecule has 0 saturated carbocycles. The normalized spacial score (nSPS) is 12.0. The third kappa shape index (κ3) is 4.89. The first-order valence-electron chi connectivity index (χ1n) is 5.40. The number of ether oxygens (including phenoxy) is 3. The summed E-state index contributed by atoms with van der Waals surface area (Å²) in [7, 11) is 4.57. The van der Waals surface area contributed by atoms with Gasteiger partial charge in [-0.05, 0) is 6.42 Å². The summed E-state index contributed by atoms with van der Waals surface area (Å²) in [6, 6.07) is 0.396. The predicted octanol–water partition coefficient (Wildman–Crippen LogP) is 0.945. The van der Waals surface area contributed by atoms with Crippen LogP contribution in [0.2, 0.25) is 0 Å². The quantitative estimate of drug-likeness (QED) is 0.708. The molecule has 0 radical (unpaired) electrons. The van der Waals surface area contributed by atoms with Gasteiger partial charge in [0.1, 0.15) is 0 Å². The molecule has 0 aliphatic rings. The lowest BCUT2D eigenvalue weighted by Crippen LogP contribution is -2.15. The van der Waals surface area contributed by atoms with Crippen molar-refractivity contribution in [3.05, 3.63) is 0 Å². The highest BCUT2D eigenvalue weighted by atomic mass is 35.5. The van der Waals surface area contributed by atoms with E-state index in [1.165, 1.54) is 14.2 Å². The topological polar surface area (TPSA) is 78.4 Å². The zero-order chi connectivity index (χ0) is 13.4.